The van der Waals surface area contributed by atoms with Crippen LogP contribution in [0.3, 0.4) is 0 Å². The molecule has 4 aromatic rings. The van der Waals surface area contributed by atoms with Crippen LogP contribution in [-0.2, 0) is 19.4 Å². The zero-order valence-electron chi connectivity index (χ0n) is 19.9. The van der Waals surface area contributed by atoms with Gasteiger partial charge >= 0.3 is 0 Å². The molecule has 36 heavy (non-hydrogen) atoms. The van der Waals surface area contributed by atoms with Crippen molar-refractivity contribution in [2.24, 2.45) is 0 Å². The third-order valence-corrected chi connectivity index (χ3v) is 6.32. The second kappa shape index (κ2) is 9.61. The van der Waals surface area contributed by atoms with Crippen molar-refractivity contribution in [3.8, 4) is 11.5 Å². The maximum Gasteiger partial charge on any atom is 0.263 e. The summed E-state index contributed by atoms with van der Waals surface area (Å²) >= 11 is 0. The lowest BCUT2D eigenvalue weighted by atomic mass is 10.1. The number of amides is 2. The fourth-order valence-electron chi connectivity index (χ4n) is 4.45. The summed E-state index contributed by atoms with van der Waals surface area (Å²) in [6, 6.07) is 15.7. The minimum Gasteiger partial charge on any atom is -0.493 e. The minimum absolute atomic E-state index is 0.0586. The standard InChI is InChI=1S/C27H24N4O5/c1-35-21-11-9-17(16-22(21)36-2)10-12-23-29-24-20(8-5-13-28-24)27(34)30(23)14-15-31-25(32)18-6-3-4-7-19(18)26(31)33/h3-9,11,13,16H,10,12,14-15H2,1-2H3. The fourth-order valence-corrected chi connectivity index (χ4v) is 4.45. The molecule has 0 N–H and O–H groups in total. The van der Waals surface area contributed by atoms with Gasteiger partial charge in [0.1, 0.15) is 5.82 Å². The van der Waals surface area contributed by atoms with Crippen molar-refractivity contribution in [2.75, 3.05) is 20.8 Å². The minimum atomic E-state index is -0.356. The Labute approximate surface area is 206 Å². The van der Waals surface area contributed by atoms with Crippen LogP contribution in [0.5, 0.6) is 11.5 Å². The van der Waals surface area contributed by atoms with Crippen molar-refractivity contribution in [3.05, 3.63) is 93.7 Å². The van der Waals surface area contributed by atoms with E-state index in [9.17, 15) is 14.4 Å². The molecule has 2 amide bonds. The van der Waals surface area contributed by atoms with Gasteiger partial charge in [-0.2, -0.15) is 0 Å². The van der Waals surface area contributed by atoms with E-state index in [1.54, 1.807) is 56.8 Å². The van der Waals surface area contributed by atoms with E-state index in [0.717, 1.165) is 5.56 Å². The smallest absolute Gasteiger partial charge is 0.263 e. The van der Waals surface area contributed by atoms with Crippen LogP contribution in [-0.4, -0.2) is 52.0 Å². The first kappa shape index (κ1) is 23.2. The van der Waals surface area contributed by atoms with E-state index in [1.807, 2.05) is 18.2 Å². The van der Waals surface area contributed by atoms with Crippen molar-refractivity contribution in [1.82, 2.24) is 19.4 Å². The van der Waals surface area contributed by atoms with E-state index in [1.165, 1.54) is 9.47 Å². The number of pyridine rings is 1. The number of rotatable bonds is 8. The number of imide groups is 1. The van der Waals surface area contributed by atoms with E-state index in [4.69, 9.17) is 9.47 Å². The summed E-state index contributed by atoms with van der Waals surface area (Å²) in [6.07, 6.45) is 2.62. The van der Waals surface area contributed by atoms with Crippen molar-refractivity contribution in [1.29, 1.82) is 0 Å². The van der Waals surface area contributed by atoms with Crippen molar-refractivity contribution < 1.29 is 19.1 Å². The molecule has 0 fully saturated rings. The Bertz CT molecular complexity index is 1510. The molecule has 1 aliphatic rings. The molecule has 2 aromatic heterocycles. The summed E-state index contributed by atoms with van der Waals surface area (Å²) in [6.45, 7) is 0.187. The van der Waals surface area contributed by atoms with Crippen LogP contribution in [0.25, 0.3) is 11.0 Å². The van der Waals surface area contributed by atoms with E-state index >= 15 is 0 Å². The highest BCUT2D eigenvalue weighted by molar-refractivity contribution is 6.21. The number of fused-ring (bicyclic) bond motifs is 2. The molecular formula is C27H24N4O5. The number of ether oxygens (including phenoxy) is 2. The van der Waals surface area contributed by atoms with Crippen molar-refractivity contribution in [3.63, 3.8) is 0 Å². The Hall–Kier alpha value is -4.53. The maximum absolute atomic E-state index is 13.4. The lowest BCUT2D eigenvalue weighted by molar-refractivity contribution is 0.0648. The predicted octanol–water partition coefficient (Wildman–Crippen LogP) is 2.89. The van der Waals surface area contributed by atoms with E-state index in [2.05, 4.69) is 9.97 Å². The number of carbonyl (C=O) groups excluding carboxylic acids is 2. The van der Waals surface area contributed by atoms with Gasteiger partial charge in [0.25, 0.3) is 17.4 Å². The monoisotopic (exact) mass is 484 g/mol. The zero-order chi connectivity index (χ0) is 25.2. The van der Waals surface area contributed by atoms with E-state index < -0.39 is 0 Å². The van der Waals surface area contributed by atoms with Gasteiger partial charge in [-0.25, -0.2) is 9.97 Å². The fraction of sp³-hybridized carbons (Fsp3) is 0.222. The van der Waals surface area contributed by atoms with Crippen LogP contribution in [0.4, 0.5) is 0 Å². The third-order valence-electron chi connectivity index (χ3n) is 6.32. The van der Waals surface area contributed by atoms with Gasteiger partial charge in [0.2, 0.25) is 0 Å². The summed E-state index contributed by atoms with van der Waals surface area (Å²) in [5.41, 5.74) is 1.84. The molecule has 0 radical (unpaired) electrons. The molecule has 0 saturated heterocycles. The summed E-state index contributed by atoms with van der Waals surface area (Å²) < 4.78 is 12.2. The second-order valence-corrected chi connectivity index (χ2v) is 8.36. The van der Waals surface area contributed by atoms with Gasteiger partial charge in [0, 0.05) is 25.7 Å². The molecule has 182 valence electrons. The molecule has 9 heteroatoms. The van der Waals surface area contributed by atoms with Crippen molar-refractivity contribution in [2.45, 2.75) is 19.4 Å². The quantitative estimate of drug-likeness (QED) is 0.354. The lowest BCUT2D eigenvalue weighted by Gasteiger charge is -2.18. The molecular weight excluding hydrogens is 460 g/mol. The average molecular weight is 485 g/mol. The van der Waals surface area contributed by atoms with Gasteiger partial charge in [-0.05, 0) is 48.4 Å². The average Bonchev–Trinajstić information content (AvgIpc) is 3.16. The predicted molar refractivity (Wildman–Crippen MR) is 133 cm³/mol. The molecule has 0 unspecified atom stereocenters. The second-order valence-electron chi connectivity index (χ2n) is 8.36. The Balaban J connectivity index is 1.44. The molecule has 5 rings (SSSR count). The topological polar surface area (TPSA) is 104 Å². The van der Waals surface area contributed by atoms with Crippen LogP contribution in [0, 0.1) is 0 Å². The van der Waals surface area contributed by atoms with Gasteiger partial charge in [0.05, 0.1) is 30.7 Å². The third kappa shape index (κ3) is 4.08. The highest BCUT2D eigenvalue weighted by atomic mass is 16.5. The van der Waals surface area contributed by atoms with Crippen LogP contribution in [0.15, 0.2) is 65.6 Å². The summed E-state index contributed by atoms with van der Waals surface area (Å²) in [7, 11) is 3.16. The maximum atomic E-state index is 13.4. The van der Waals surface area contributed by atoms with Gasteiger partial charge in [-0.1, -0.05) is 18.2 Å². The normalized spacial score (nSPS) is 12.8. The molecule has 0 atom stereocenters. The number of aryl methyl sites for hydroxylation is 2. The Kier molecular flexibility index (Phi) is 6.20. The van der Waals surface area contributed by atoms with Crippen LogP contribution >= 0.6 is 0 Å². The van der Waals surface area contributed by atoms with Gasteiger partial charge in [0.15, 0.2) is 17.1 Å². The van der Waals surface area contributed by atoms with Gasteiger partial charge < -0.3 is 9.47 Å². The first-order valence-electron chi connectivity index (χ1n) is 11.5. The molecule has 1 aliphatic heterocycles. The molecule has 0 bridgehead atoms. The highest BCUT2D eigenvalue weighted by Crippen LogP contribution is 2.28. The first-order chi connectivity index (χ1) is 17.5. The van der Waals surface area contributed by atoms with E-state index in [0.29, 0.717) is 52.3 Å². The van der Waals surface area contributed by atoms with Crippen LogP contribution in [0.2, 0.25) is 0 Å². The number of hydrogen-bond acceptors (Lipinski definition) is 7. The van der Waals surface area contributed by atoms with Gasteiger partial charge in [-0.15, -0.1) is 0 Å². The number of carbonyl (C=O) groups is 2. The van der Waals surface area contributed by atoms with Crippen LogP contribution in [0.1, 0.15) is 32.1 Å². The highest BCUT2D eigenvalue weighted by Gasteiger charge is 2.34. The Morgan fingerprint density at radius 2 is 1.53 bits per heavy atom. The van der Waals surface area contributed by atoms with Crippen LogP contribution < -0.4 is 15.0 Å². The molecule has 2 aromatic carbocycles. The number of hydrogen-bond donors (Lipinski definition) is 0. The summed E-state index contributed by atoms with van der Waals surface area (Å²) in [4.78, 5) is 49.1. The number of nitrogens with zero attached hydrogens (tertiary/aromatic N) is 4. The molecule has 0 spiro atoms. The largest absolute Gasteiger partial charge is 0.493 e. The Morgan fingerprint density at radius 3 is 2.22 bits per heavy atom. The number of benzene rings is 2. The summed E-state index contributed by atoms with van der Waals surface area (Å²) in [5, 5.41) is 0.384. The molecule has 0 saturated carbocycles. The SMILES string of the molecule is COc1ccc(CCc2nc3ncccc3c(=O)n2CCN2C(=O)c3ccccc3C2=O)cc1OC. The van der Waals surface area contributed by atoms with E-state index in [-0.39, 0.29) is 30.5 Å². The molecule has 3 heterocycles. The number of aromatic nitrogens is 3. The van der Waals surface area contributed by atoms with Gasteiger partial charge in [-0.3, -0.25) is 23.9 Å². The molecule has 9 nitrogen and oxygen atoms in total. The first-order valence-corrected chi connectivity index (χ1v) is 11.5. The summed E-state index contributed by atoms with van der Waals surface area (Å²) in [5.74, 6) is 1.06. The number of methoxy groups -OCH3 is 2. The lowest BCUT2D eigenvalue weighted by Crippen LogP contribution is -2.36. The van der Waals surface area contributed by atoms with Crippen molar-refractivity contribution >= 4 is 22.8 Å². The Morgan fingerprint density at radius 1 is 0.806 bits per heavy atom. The zero-order valence-corrected chi connectivity index (χ0v) is 19.9. The molecule has 0 aliphatic carbocycles.